The standard InChI is InChI=1S/C14H23N5O/c1-19-4-2-3-10(8-19)6-16-14(20)12-5-11-13(7-15-12)18-9-17-11/h9-10,12,15H,2-8H2,1H3,(H,16,20)(H,17,18). The van der Waals surface area contributed by atoms with Crippen LogP contribution >= 0.6 is 0 Å². The summed E-state index contributed by atoms with van der Waals surface area (Å²) in [4.78, 5) is 21.9. The lowest BCUT2D eigenvalue weighted by Crippen LogP contribution is -2.49. The third-order valence-electron chi connectivity index (χ3n) is 4.33. The van der Waals surface area contributed by atoms with Crippen molar-refractivity contribution in [3.8, 4) is 0 Å². The monoisotopic (exact) mass is 277 g/mol. The maximum atomic E-state index is 12.2. The number of likely N-dealkylation sites (tertiary alicyclic amines) is 1. The van der Waals surface area contributed by atoms with Crippen LogP contribution in [0.5, 0.6) is 0 Å². The van der Waals surface area contributed by atoms with Gasteiger partial charge in [-0.3, -0.25) is 10.1 Å². The van der Waals surface area contributed by atoms with Crippen molar-refractivity contribution >= 4 is 5.91 Å². The van der Waals surface area contributed by atoms with Gasteiger partial charge in [0.2, 0.25) is 5.91 Å². The number of nitrogens with one attached hydrogen (secondary N) is 3. The van der Waals surface area contributed by atoms with Gasteiger partial charge >= 0.3 is 0 Å². The minimum Gasteiger partial charge on any atom is -0.354 e. The second-order valence-electron chi connectivity index (χ2n) is 5.98. The van der Waals surface area contributed by atoms with Crippen molar-refractivity contribution in [2.75, 3.05) is 26.7 Å². The Bertz CT molecular complexity index is 472. The number of carbonyl (C=O) groups is 1. The van der Waals surface area contributed by atoms with Gasteiger partial charge in [-0.15, -0.1) is 0 Å². The van der Waals surface area contributed by atoms with Crippen molar-refractivity contribution in [3.63, 3.8) is 0 Å². The molecule has 1 aromatic rings. The summed E-state index contributed by atoms with van der Waals surface area (Å²) in [5.41, 5.74) is 2.12. The number of carbonyl (C=O) groups excluding carboxylic acids is 1. The molecule has 0 aliphatic carbocycles. The molecule has 2 unspecified atom stereocenters. The molecule has 3 heterocycles. The zero-order valence-corrected chi connectivity index (χ0v) is 12.0. The van der Waals surface area contributed by atoms with Gasteiger partial charge in [-0.25, -0.2) is 4.98 Å². The van der Waals surface area contributed by atoms with E-state index >= 15 is 0 Å². The van der Waals surface area contributed by atoms with Crippen molar-refractivity contribution in [1.29, 1.82) is 0 Å². The summed E-state index contributed by atoms with van der Waals surface area (Å²) in [6, 6.07) is -0.146. The van der Waals surface area contributed by atoms with Crippen LogP contribution in [-0.4, -0.2) is 53.5 Å². The average Bonchev–Trinajstić information content (AvgIpc) is 2.92. The summed E-state index contributed by atoms with van der Waals surface area (Å²) in [6.07, 6.45) is 4.82. The molecule has 1 fully saturated rings. The zero-order chi connectivity index (χ0) is 13.9. The Balaban J connectivity index is 1.48. The number of piperidine rings is 1. The maximum absolute atomic E-state index is 12.2. The fraction of sp³-hybridized carbons (Fsp3) is 0.714. The third kappa shape index (κ3) is 3.02. The Hall–Kier alpha value is -1.40. The molecule has 6 heteroatoms. The van der Waals surface area contributed by atoms with Crippen LogP contribution < -0.4 is 10.6 Å². The fourth-order valence-electron chi connectivity index (χ4n) is 3.16. The Kier molecular flexibility index (Phi) is 4.03. The quantitative estimate of drug-likeness (QED) is 0.720. The smallest absolute Gasteiger partial charge is 0.237 e. The maximum Gasteiger partial charge on any atom is 0.237 e. The summed E-state index contributed by atoms with van der Waals surface area (Å²) in [7, 11) is 2.15. The van der Waals surface area contributed by atoms with Crippen LogP contribution in [0.4, 0.5) is 0 Å². The molecule has 2 atom stereocenters. The first-order chi connectivity index (χ1) is 9.72. The second-order valence-corrected chi connectivity index (χ2v) is 5.98. The first-order valence-electron chi connectivity index (χ1n) is 7.43. The average molecular weight is 277 g/mol. The van der Waals surface area contributed by atoms with Crippen LogP contribution in [-0.2, 0) is 17.8 Å². The molecule has 1 amide bonds. The SMILES string of the molecule is CN1CCCC(CNC(=O)C2Cc3nc[nH]c3CN2)C1. The second kappa shape index (κ2) is 5.93. The number of amides is 1. The van der Waals surface area contributed by atoms with E-state index in [-0.39, 0.29) is 11.9 Å². The van der Waals surface area contributed by atoms with E-state index in [1.807, 2.05) is 0 Å². The van der Waals surface area contributed by atoms with Gasteiger partial charge in [-0.1, -0.05) is 0 Å². The highest BCUT2D eigenvalue weighted by Crippen LogP contribution is 2.15. The number of nitrogens with zero attached hydrogens (tertiary/aromatic N) is 2. The highest BCUT2D eigenvalue weighted by atomic mass is 16.2. The normalized spacial score (nSPS) is 27.1. The van der Waals surface area contributed by atoms with Crippen LogP contribution in [0.3, 0.4) is 0 Å². The Labute approximate surface area is 119 Å². The van der Waals surface area contributed by atoms with Gasteiger partial charge in [0.15, 0.2) is 0 Å². The lowest BCUT2D eigenvalue weighted by atomic mass is 9.98. The van der Waals surface area contributed by atoms with Gasteiger partial charge in [0.1, 0.15) is 0 Å². The van der Waals surface area contributed by atoms with E-state index < -0.39 is 0 Å². The van der Waals surface area contributed by atoms with Crippen LogP contribution in [0, 0.1) is 5.92 Å². The first-order valence-corrected chi connectivity index (χ1v) is 7.43. The van der Waals surface area contributed by atoms with E-state index in [2.05, 4.69) is 32.5 Å². The summed E-state index contributed by atoms with van der Waals surface area (Å²) in [5, 5.41) is 6.36. The Morgan fingerprint density at radius 1 is 1.60 bits per heavy atom. The van der Waals surface area contributed by atoms with Crippen LogP contribution in [0.15, 0.2) is 6.33 Å². The molecule has 0 aromatic carbocycles. The molecule has 2 aliphatic rings. The summed E-state index contributed by atoms with van der Waals surface area (Å²) in [5.74, 6) is 0.689. The van der Waals surface area contributed by atoms with Crippen molar-refractivity contribution < 1.29 is 4.79 Å². The van der Waals surface area contributed by atoms with Gasteiger partial charge < -0.3 is 15.2 Å². The molecule has 0 spiro atoms. The van der Waals surface area contributed by atoms with Crippen molar-refractivity contribution in [2.45, 2.75) is 31.8 Å². The molecule has 20 heavy (non-hydrogen) atoms. The van der Waals surface area contributed by atoms with E-state index in [0.29, 0.717) is 18.9 Å². The minimum absolute atomic E-state index is 0.104. The van der Waals surface area contributed by atoms with Crippen LogP contribution in [0.2, 0.25) is 0 Å². The van der Waals surface area contributed by atoms with Crippen LogP contribution in [0.25, 0.3) is 0 Å². The Morgan fingerprint density at radius 2 is 2.50 bits per heavy atom. The third-order valence-corrected chi connectivity index (χ3v) is 4.33. The number of aromatic nitrogens is 2. The molecule has 3 rings (SSSR count). The van der Waals surface area contributed by atoms with E-state index in [1.54, 1.807) is 6.33 Å². The van der Waals surface area contributed by atoms with Gasteiger partial charge in [0, 0.05) is 26.1 Å². The molecule has 1 aromatic heterocycles. The van der Waals surface area contributed by atoms with Gasteiger partial charge in [0.05, 0.1) is 23.8 Å². The molecule has 6 nitrogen and oxygen atoms in total. The number of fused-ring (bicyclic) bond motifs is 1. The number of aromatic amines is 1. The van der Waals surface area contributed by atoms with Crippen molar-refractivity contribution in [2.24, 2.45) is 5.92 Å². The molecule has 0 radical (unpaired) electrons. The molecule has 110 valence electrons. The predicted octanol–water partition coefficient (Wildman–Crippen LogP) is -0.118. The largest absolute Gasteiger partial charge is 0.354 e. The van der Waals surface area contributed by atoms with Crippen LogP contribution in [0.1, 0.15) is 24.2 Å². The number of imidazole rings is 1. The summed E-state index contributed by atoms with van der Waals surface area (Å²) in [6.45, 7) is 3.74. The molecule has 2 aliphatic heterocycles. The fourth-order valence-corrected chi connectivity index (χ4v) is 3.16. The zero-order valence-electron chi connectivity index (χ0n) is 12.0. The predicted molar refractivity (Wildman–Crippen MR) is 76.2 cm³/mol. The number of hydrogen-bond acceptors (Lipinski definition) is 4. The Morgan fingerprint density at radius 3 is 3.35 bits per heavy atom. The van der Waals surface area contributed by atoms with E-state index in [4.69, 9.17) is 0 Å². The molecular weight excluding hydrogens is 254 g/mol. The van der Waals surface area contributed by atoms with Gasteiger partial charge in [0.25, 0.3) is 0 Å². The number of rotatable bonds is 3. The number of hydrogen-bond donors (Lipinski definition) is 3. The van der Waals surface area contributed by atoms with E-state index in [1.165, 1.54) is 19.4 Å². The minimum atomic E-state index is -0.146. The molecule has 1 saturated heterocycles. The van der Waals surface area contributed by atoms with E-state index in [9.17, 15) is 4.79 Å². The highest BCUT2D eigenvalue weighted by Gasteiger charge is 2.26. The molecule has 0 bridgehead atoms. The molecular formula is C14H23N5O. The first kappa shape index (κ1) is 13.6. The number of H-pyrrole nitrogens is 1. The van der Waals surface area contributed by atoms with Gasteiger partial charge in [-0.2, -0.15) is 0 Å². The lowest BCUT2D eigenvalue weighted by molar-refractivity contribution is -0.123. The lowest BCUT2D eigenvalue weighted by Gasteiger charge is -2.30. The highest BCUT2D eigenvalue weighted by molar-refractivity contribution is 5.82. The van der Waals surface area contributed by atoms with Gasteiger partial charge in [-0.05, 0) is 32.4 Å². The molecule has 0 saturated carbocycles. The van der Waals surface area contributed by atoms with Crippen molar-refractivity contribution in [3.05, 3.63) is 17.7 Å². The van der Waals surface area contributed by atoms with E-state index in [0.717, 1.165) is 24.5 Å². The molecule has 3 N–H and O–H groups in total. The summed E-state index contributed by atoms with van der Waals surface area (Å²) >= 11 is 0. The van der Waals surface area contributed by atoms with Crippen molar-refractivity contribution in [1.82, 2.24) is 25.5 Å². The summed E-state index contributed by atoms with van der Waals surface area (Å²) < 4.78 is 0. The topological polar surface area (TPSA) is 73.0 Å².